The first-order valence-electron chi connectivity index (χ1n) is 11.7. The van der Waals surface area contributed by atoms with Gasteiger partial charge in [0, 0.05) is 11.9 Å². The van der Waals surface area contributed by atoms with Gasteiger partial charge in [0.15, 0.2) is 5.82 Å². The third-order valence-corrected chi connectivity index (χ3v) is 7.08. The molecule has 3 aromatic heterocycles. The SMILES string of the molecule is Cc1cc(Nc2nn([C@H]3CCCC[C@@H]3C)c3cc[nH]c(=O)c23)ccc1C(C)(C)n1nccn1. The van der Waals surface area contributed by atoms with Crippen LogP contribution in [0.5, 0.6) is 0 Å². The van der Waals surface area contributed by atoms with Crippen LogP contribution in [0.1, 0.15) is 63.6 Å². The summed E-state index contributed by atoms with van der Waals surface area (Å²) >= 11 is 0. The Hall–Kier alpha value is -3.42. The highest BCUT2D eigenvalue weighted by molar-refractivity contribution is 5.91. The number of nitrogens with zero attached hydrogens (tertiary/aromatic N) is 5. The van der Waals surface area contributed by atoms with Gasteiger partial charge in [-0.2, -0.15) is 20.1 Å². The third-order valence-electron chi connectivity index (χ3n) is 7.08. The predicted octanol–water partition coefficient (Wildman–Crippen LogP) is 4.90. The second-order valence-corrected chi connectivity index (χ2v) is 9.72. The summed E-state index contributed by atoms with van der Waals surface area (Å²) in [7, 11) is 0. The Kier molecular flexibility index (Phi) is 5.31. The van der Waals surface area contributed by atoms with Crippen molar-refractivity contribution in [3.05, 3.63) is 64.3 Å². The number of aryl methyl sites for hydroxylation is 1. The molecule has 4 aromatic rings. The summed E-state index contributed by atoms with van der Waals surface area (Å²) in [5, 5.41) is 17.6. The second-order valence-electron chi connectivity index (χ2n) is 9.72. The van der Waals surface area contributed by atoms with Crippen LogP contribution in [0.2, 0.25) is 0 Å². The van der Waals surface area contributed by atoms with Crippen molar-refractivity contribution in [2.24, 2.45) is 5.92 Å². The van der Waals surface area contributed by atoms with Gasteiger partial charge in [0.1, 0.15) is 10.9 Å². The maximum atomic E-state index is 12.8. The first-order chi connectivity index (χ1) is 15.9. The van der Waals surface area contributed by atoms with Gasteiger partial charge in [0.05, 0.1) is 24.0 Å². The van der Waals surface area contributed by atoms with Crippen molar-refractivity contribution in [2.45, 2.75) is 65.0 Å². The first kappa shape index (κ1) is 21.4. The number of hydrogen-bond acceptors (Lipinski definition) is 5. The van der Waals surface area contributed by atoms with Crippen molar-refractivity contribution >= 4 is 22.4 Å². The first-order valence-corrected chi connectivity index (χ1v) is 11.7. The van der Waals surface area contributed by atoms with Crippen LogP contribution in [-0.2, 0) is 5.54 Å². The molecule has 0 bridgehead atoms. The number of anilines is 2. The highest BCUT2D eigenvalue weighted by atomic mass is 16.1. The quantitative estimate of drug-likeness (QED) is 0.456. The number of nitrogens with one attached hydrogen (secondary N) is 2. The molecule has 8 heteroatoms. The number of H-pyrrole nitrogens is 1. The van der Waals surface area contributed by atoms with Crippen molar-refractivity contribution in [3.63, 3.8) is 0 Å². The summed E-state index contributed by atoms with van der Waals surface area (Å²) in [5.41, 5.74) is 3.53. The minimum Gasteiger partial charge on any atom is -0.338 e. The molecule has 8 nitrogen and oxygen atoms in total. The van der Waals surface area contributed by atoms with Gasteiger partial charge in [-0.1, -0.05) is 25.8 Å². The maximum Gasteiger partial charge on any atom is 0.261 e. The third kappa shape index (κ3) is 3.73. The van der Waals surface area contributed by atoms with E-state index in [1.165, 1.54) is 19.3 Å². The molecule has 0 radical (unpaired) electrons. The number of aromatic nitrogens is 6. The van der Waals surface area contributed by atoms with Gasteiger partial charge in [0.2, 0.25) is 0 Å². The van der Waals surface area contributed by atoms with Gasteiger partial charge >= 0.3 is 0 Å². The lowest BCUT2D eigenvalue weighted by Crippen LogP contribution is -2.30. The lowest BCUT2D eigenvalue weighted by Gasteiger charge is -2.29. The number of benzene rings is 1. The Bertz CT molecular complexity index is 1330. The molecule has 2 N–H and O–H groups in total. The van der Waals surface area contributed by atoms with Crippen molar-refractivity contribution in [1.29, 1.82) is 0 Å². The summed E-state index contributed by atoms with van der Waals surface area (Å²) in [6.07, 6.45) is 9.85. The van der Waals surface area contributed by atoms with Gasteiger partial charge in [0.25, 0.3) is 5.56 Å². The Morgan fingerprint density at radius 1 is 1.12 bits per heavy atom. The van der Waals surface area contributed by atoms with Gasteiger partial charge < -0.3 is 10.3 Å². The molecule has 0 aliphatic heterocycles. The number of aromatic amines is 1. The van der Waals surface area contributed by atoms with Gasteiger partial charge in [-0.3, -0.25) is 9.48 Å². The highest BCUT2D eigenvalue weighted by Gasteiger charge is 2.28. The fourth-order valence-electron chi connectivity index (χ4n) is 5.28. The summed E-state index contributed by atoms with van der Waals surface area (Å²) in [5.74, 6) is 1.14. The smallest absolute Gasteiger partial charge is 0.261 e. The van der Waals surface area contributed by atoms with Crippen LogP contribution in [-0.4, -0.2) is 29.8 Å². The van der Waals surface area contributed by atoms with Gasteiger partial charge in [-0.15, -0.1) is 0 Å². The van der Waals surface area contributed by atoms with Crippen LogP contribution < -0.4 is 10.9 Å². The van der Waals surface area contributed by atoms with E-state index in [0.29, 0.717) is 23.2 Å². The Balaban J connectivity index is 1.52. The molecule has 0 saturated heterocycles. The molecular weight excluding hydrogens is 414 g/mol. The Morgan fingerprint density at radius 2 is 1.88 bits per heavy atom. The van der Waals surface area contributed by atoms with Crippen molar-refractivity contribution in [1.82, 2.24) is 29.8 Å². The maximum absolute atomic E-state index is 12.8. The molecular formula is C25H31N7O. The molecule has 1 aliphatic carbocycles. The van der Waals surface area contributed by atoms with E-state index >= 15 is 0 Å². The fraction of sp³-hybridized carbons (Fsp3) is 0.440. The van der Waals surface area contributed by atoms with E-state index in [0.717, 1.165) is 28.8 Å². The Morgan fingerprint density at radius 3 is 2.61 bits per heavy atom. The summed E-state index contributed by atoms with van der Waals surface area (Å²) in [6, 6.07) is 8.48. The van der Waals surface area contributed by atoms with Crippen LogP contribution in [0, 0.1) is 12.8 Å². The van der Waals surface area contributed by atoms with E-state index < -0.39 is 0 Å². The Labute approximate surface area is 193 Å². The van der Waals surface area contributed by atoms with Gasteiger partial charge in [-0.25, -0.2) is 0 Å². The fourth-order valence-corrected chi connectivity index (χ4v) is 5.28. The lowest BCUT2D eigenvalue weighted by molar-refractivity contribution is 0.246. The molecule has 0 amide bonds. The van der Waals surface area contributed by atoms with Crippen molar-refractivity contribution in [2.75, 3.05) is 5.32 Å². The average molecular weight is 446 g/mol. The normalized spacial score (nSPS) is 19.2. The van der Waals surface area contributed by atoms with Crippen LogP contribution in [0.25, 0.3) is 10.9 Å². The zero-order chi connectivity index (χ0) is 23.2. The van der Waals surface area contributed by atoms with E-state index in [1.54, 1.807) is 23.4 Å². The molecule has 0 unspecified atom stereocenters. The molecule has 1 aromatic carbocycles. The molecule has 2 atom stereocenters. The molecule has 1 fully saturated rings. The minimum atomic E-state index is -0.380. The van der Waals surface area contributed by atoms with Crippen LogP contribution >= 0.6 is 0 Å². The standard InChI is InChI=1S/C25H31N7O/c1-16-7-5-6-8-20(16)31-21-11-12-26-24(33)22(21)23(30-31)29-18-9-10-19(17(2)15-18)25(3,4)32-27-13-14-28-32/h9-16,20H,5-8H2,1-4H3,(H,26,33)(H,29,30)/t16-,20-/m0/s1. The summed E-state index contributed by atoms with van der Waals surface area (Å²) in [6.45, 7) is 8.57. The second kappa shape index (κ2) is 8.17. The highest BCUT2D eigenvalue weighted by Crippen LogP contribution is 2.37. The number of fused-ring (bicyclic) bond motifs is 1. The topological polar surface area (TPSA) is 93.4 Å². The van der Waals surface area contributed by atoms with Crippen molar-refractivity contribution in [3.8, 4) is 0 Å². The van der Waals surface area contributed by atoms with Crippen LogP contribution in [0.4, 0.5) is 11.5 Å². The van der Waals surface area contributed by atoms with Crippen LogP contribution in [0.3, 0.4) is 0 Å². The number of pyridine rings is 1. The van der Waals surface area contributed by atoms with E-state index in [-0.39, 0.29) is 11.1 Å². The summed E-state index contributed by atoms with van der Waals surface area (Å²) < 4.78 is 2.07. The van der Waals surface area contributed by atoms with E-state index in [4.69, 9.17) is 5.10 Å². The number of rotatable bonds is 5. The molecule has 33 heavy (non-hydrogen) atoms. The molecule has 5 rings (SSSR count). The molecule has 0 spiro atoms. The van der Waals surface area contributed by atoms with Gasteiger partial charge in [-0.05, 0) is 68.9 Å². The van der Waals surface area contributed by atoms with E-state index in [9.17, 15) is 4.79 Å². The zero-order valence-corrected chi connectivity index (χ0v) is 19.7. The number of hydrogen-bond donors (Lipinski definition) is 2. The molecule has 3 heterocycles. The van der Waals surface area contributed by atoms with E-state index in [2.05, 4.69) is 65.0 Å². The van der Waals surface area contributed by atoms with Crippen LogP contribution in [0.15, 0.2) is 47.7 Å². The monoisotopic (exact) mass is 445 g/mol. The molecule has 1 aliphatic rings. The average Bonchev–Trinajstić information content (AvgIpc) is 3.44. The lowest BCUT2D eigenvalue weighted by atomic mass is 9.86. The predicted molar refractivity (Wildman–Crippen MR) is 130 cm³/mol. The van der Waals surface area contributed by atoms with Crippen molar-refractivity contribution < 1.29 is 0 Å². The molecule has 172 valence electrons. The summed E-state index contributed by atoms with van der Waals surface area (Å²) in [4.78, 5) is 17.3. The molecule has 1 saturated carbocycles. The zero-order valence-electron chi connectivity index (χ0n) is 19.7. The minimum absolute atomic E-state index is 0.121. The largest absolute Gasteiger partial charge is 0.338 e. The van der Waals surface area contributed by atoms with E-state index in [1.807, 2.05) is 12.1 Å².